The van der Waals surface area contributed by atoms with Crippen LogP contribution >= 0.6 is 0 Å². The number of benzene rings is 1. The summed E-state index contributed by atoms with van der Waals surface area (Å²) in [4.78, 5) is 16.8. The first-order valence-electron chi connectivity index (χ1n) is 8.71. The number of aromatic hydroxyl groups is 1. The molecule has 1 aromatic carbocycles. The van der Waals surface area contributed by atoms with Crippen molar-refractivity contribution in [3.63, 3.8) is 0 Å². The molecule has 23 heavy (non-hydrogen) atoms. The van der Waals surface area contributed by atoms with Gasteiger partial charge in [0, 0.05) is 39.1 Å². The van der Waals surface area contributed by atoms with Gasteiger partial charge in [0.1, 0.15) is 5.75 Å². The lowest BCUT2D eigenvalue weighted by Gasteiger charge is -2.36. The van der Waals surface area contributed by atoms with E-state index in [1.165, 1.54) is 6.42 Å². The molecular formula is C19H26N2O2. The number of para-hydroxylation sites is 2. The molecule has 124 valence electrons. The molecule has 0 atom stereocenters. The minimum absolute atomic E-state index is 0.341. The highest BCUT2D eigenvalue weighted by molar-refractivity contribution is 5.95. The fourth-order valence-electron chi connectivity index (χ4n) is 3.46. The highest BCUT2D eigenvalue weighted by atomic mass is 16.3. The normalized spacial score (nSPS) is 19.5. The third-order valence-electron chi connectivity index (χ3n) is 4.90. The predicted octanol–water partition coefficient (Wildman–Crippen LogP) is 2.97. The molecule has 1 N–H and O–H groups in total. The molecule has 1 saturated heterocycles. The maximum Gasteiger partial charge on any atom is 0.159 e. The Morgan fingerprint density at radius 3 is 2.57 bits per heavy atom. The molecule has 1 aromatic rings. The summed E-state index contributed by atoms with van der Waals surface area (Å²) in [5, 5.41) is 9.94. The van der Waals surface area contributed by atoms with Crippen LogP contribution in [0.25, 0.3) is 0 Å². The third kappa shape index (κ3) is 4.14. The molecule has 4 heteroatoms. The van der Waals surface area contributed by atoms with Crippen LogP contribution in [0.2, 0.25) is 0 Å². The van der Waals surface area contributed by atoms with E-state index in [1.807, 2.05) is 18.2 Å². The first kappa shape index (κ1) is 16.1. The summed E-state index contributed by atoms with van der Waals surface area (Å²) in [6.45, 7) is 4.54. The predicted molar refractivity (Wildman–Crippen MR) is 92.9 cm³/mol. The largest absolute Gasteiger partial charge is 0.506 e. The number of allylic oxidation sites excluding steroid dienone is 2. The Labute approximate surface area is 138 Å². The number of hydrogen-bond acceptors (Lipinski definition) is 4. The molecule has 2 aliphatic rings. The van der Waals surface area contributed by atoms with Gasteiger partial charge in [0.15, 0.2) is 5.78 Å². The van der Waals surface area contributed by atoms with Crippen LogP contribution in [0.5, 0.6) is 5.75 Å². The molecule has 0 unspecified atom stereocenters. The van der Waals surface area contributed by atoms with Gasteiger partial charge in [-0.25, -0.2) is 0 Å². The molecule has 0 amide bonds. The van der Waals surface area contributed by atoms with Crippen LogP contribution in [0.1, 0.15) is 32.1 Å². The standard InChI is InChI=1S/C19H26N2O2/c22-18(16-6-2-1-3-7-16)10-11-20-12-14-21(15-13-20)17-8-4-5-9-19(17)23/h4-6,8-9,23H,1-3,7,10-15H2. The zero-order valence-corrected chi connectivity index (χ0v) is 13.7. The van der Waals surface area contributed by atoms with E-state index in [2.05, 4.69) is 15.9 Å². The lowest BCUT2D eigenvalue weighted by Crippen LogP contribution is -2.47. The van der Waals surface area contributed by atoms with Crippen molar-refractivity contribution in [1.82, 2.24) is 4.90 Å². The van der Waals surface area contributed by atoms with Crippen molar-refractivity contribution in [3.8, 4) is 5.75 Å². The smallest absolute Gasteiger partial charge is 0.159 e. The molecule has 0 aromatic heterocycles. The summed E-state index contributed by atoms with van der Waals surface area (Å²) in [7, 11) is 0. The molecule has 1 heterocycles. The van der Waals surface area contributed by atoms with Crippen molar-refractivity contribution in [2.75, 3.05) is 37.6 Å². The molecule has 4 nitrogen and oxygen atoms in total. The first-order chi connectivity index (χ1) is 11.2. The fourth-order valence-corrected chi connectivity index (χ4v) is 3.46. The van der Waals surface area contributed by atoms with Gasteiger partial charge >= 0.3 is 0 Å². The van der Waals surface area contributed by atoms with E-state index in [0.29, 0.717) is 18.0 Å². The van der Waals surface area contributed by atoms with Crippen molar-refractivity contribution in [2.45, 2.75) is 32.1 Å². The molecule has 3 rings (SSSR count). The maximum atomic E-state index is 12.2. The Morgan fingerprint density at radius 1 is 1.09 bits per heavy atom. The van der Waals surface area contributed by atoms with Gasteiger partial charge in [0.05, 0.1) is 5.69 Å². The van der Waals surface area contributed by atoms with Gasteiger partial charge in [-0.2, -0.15) is 0 Å². The monoisotopic (exact) mass is 314 g/mol. The highest BCUT2D eigenvalue weighted by Crippen LogP contribution is 2.27. The van der Waals surface area contributed by atoms with E-state index >= 15 is 0 Å². The SMILES string of the molecule is O=C(CCN1CCN(c2ccccc2O)CC1)C1=CCCCC1. The number of piperazine rings is 1. The van der Waals surface area contributed by atoms with E-state index in [9.17, 15) is 9.90 Å². The Morgan fingerprint density at radius 2 is 1.87 bits per heavy atom. The first-order valence-corrected chi connectivity index (χ1v) is 8.71. The number of Topliss-reactive ketones (excluding diaryl/α,β-unsaturated/α-hetero) is 1. The second kappa shape index (κ2) is 7.64. The zero-order chi connectivity index (χ0) is 16.1. The van der Waals surface area contributed by atoms with Crippen LogP contribution in [-0.2, 0) is 4.79 Å². The number of anilines is 1. The van der Waals surface area contributed by atoms with Crippen LogP contribution < -0.4 is 4.90 Å². The molecule has 0 bridgehead atoms. The number of ketones is 1. The Balaban J connectivity index is 1.45. The minimum atomic E-state index is 0.341. The fraction of sp³-hybridized carbons (Fsp3) is 0.526. The van der Waals surface area contributed by atoms with E-state index in [4.69, 9.17) is 0 Å². The number of rotatable bonds is 5. The second-order valence-electron chi connectivity index (χ2n) is 6.47. The number of carbonyl (C=O) groups is 1. The number of hydrogen-bond donors (Lipinski definition) is 1. The Hall–Kier alpha value is -1.81. The van der Waals surface area contributed by atoms with Crippen molar-refractivity contribution in [3.05, 3.63) is 35.9 Å². The van der Waals surface area contributed by atoms with E-state index in [0.717, 1.165) is 63.2 Å². The third-order valence-corrected chi connectivity index (χ3v) is 4.90. The Bertz CT molecular complexity index is 574. The van der Waals surface area contributed by atoms with Crippen LogP contribution in [0.4, 0.5) is 5.69 Å². The van der Waals surface area contributed by atoms with Gasteiger partial charge < -0.3 is 10.0 Å². The van der Waals surface area contributed by atoms with Crippen LogP contribution in [-0.4, -0.2) is 48.5 Å². The molecule has 1 aliphatic carbocycles. The molecule has 1 aliphatic heterocycles. The van der Waals surface area contributed by atoms with E-state index in [1.54, 1.807) is 6.07 Å². The van der Waals surface area contributed by atoms with E-state index in [-0.39, 0.29) is 0 Å². The highest BCUT2D eigenvalue weighted by Gasteiger charge is 2.20. The van der Waals surface area contributed by atoms with Gasteiger partial charge in [-0.05, 0) is 43.4 Å². The van der Waals surface area contributed by atoms with Gasteiger partial charge in [0.25, 0.3) is 0 Å². The number of phenols is 1. The Kier molecular flexibility index (Phi) is 5.34. The molecule has 0 saturated carbocycles. The lowest BCUT2D eigenvalue weighted by atomic mass is 9.95. The quantitative estimate of drug-likeness (QED) is 0.907. The minimum Gasteiger partial charge on any atom is -0.506 e. The average molecular weight is 314 g/mol. The molecule has 0 spiro atoms. The van der Waals surface area contributed by atoms with Crippen molar-refractivity contribution >= 4 is 11.5 Å². The van der Waals surface area contributed by atoms with E-state index < -0.39 is 0 Å². The second-order valence-corrected chi connectivity index (χ2v) is 6.47. The number of phenolic OH excluding ortho intramolecular Hbond substituents is 1. The van der Waals surface area contributed by atoms with Crippen LogP contribution in [0, 0.1) is 0 Å². The summed E-state index contributed by atoms with van der Waals surface area (Å²) < 4.78 is 0. The molecule has 0 radical (unpaired) electrons. The number of nitrogens with zero attached hydrogens (tertiary/aromatic N) is 2. The van der Waals surface area contributed by atoms with Crippen LogP contribution in [0.3, 0.4) is 0 Å². The average Bonchev–Trinajstić information content (AvgIpc) is 2.61. The van der Waals surface area contributed by atoms with Gasteiger partial charge in [-0.15, -0.1) is 0 Å². The van der Waals surface area contributed by atoms with Crippen molar-refractivity contribution in [1.29, 1.82) is 0 Å². The van der Waals surface area contributed by atoms with Crippen LogP contribution in [0.15, 0.2) is 35.9 Å². The van der Waals surface area contributed by atoms with Crippen molar-refractivity contribution < 1.29 is 9.90 Å². The summed E-state index contributed by atoms with van der Waals surface area (Å²) in [6.07, 6.45) is 7.21. The topological polar surface area (TPSA) is 43.8 Å². The van der Waals surface area contributed by atoms with Gasteiger partial charge in [0.2, 0.25) is 0 Å². The van der Waals surface area contributed by atoms with Gasteiger partial charge in [-0.3, -0.25) is 9.69 Å². The summed E-state index contributed by atoms with van der Waals surface area (Å²) in [5.74, 6) is 0.688. The maximum absolute atomic E-state index is 12.2. The molecular weight excluding hydrogens is 288 g/mol. The summed E-state index contributed by atoms with van der Waals surface area (Å²) in [6, 6.07) is 7.50. The molecule has 1 fully saturated rings. The summed E-state index contributed by atoms with van der Waals surface area (Å²) in [5.41, 5.74) is 1.97. The van der Waals surface area contributed by atoms with Crippen molar-refractivity contribution in [2.24, 2.45) is 0 Å². The zero-order valence-electron chi connectivity index (χ0n) is 13.7. The van der Waals surface area contributed by atoms with Gasteiger partial charge in [-0.1, -0.05) is 18.2 Å². The summed E-state index contributed by atoms with van der Waals surface area (Å²) >= 11 is 0. The number of carbonyl (C=O) groups excluding carboxylic acids is 1. The lowest BCUT2D eigenvalue weighted by molar-refractivity contribution is -0.116.